The Labute approximate surface area is 217 Å². The van der Waals surface area contributed by atoms with E-state index in [0.717, 1.165) is 29.5 Å². The maximum Gasteiger partial charge on any atom is 0.264 e. The molecule has 3 aromatic rings. The molecular formula is C27H30ClN3O4S. The molecule has 9 heteroatoms. The van der Waals surface area contributed by atoms with E-state index in [0.29, 0.717) is 23.0 Å². The second kappa shape index (κ2) is 11.8. The highest BCUT2D eigenvalue weighted by Crippen LogP contribution is 2.27. The first-order valence-corrected chi connectivity index (χ1v) is 13.7. The lowest BCUT2D eigenvalue weighted by Crippen LogP contribution is -2.40. The summed E-state index contributed by atoms with van der Waals surface area (Å²) in [4.78, 5) is 15.4. The third kappa shape index (κ3) is 6.57. The normalized spacial score (nSPS) is 13.9. The molecule has 1 saturated heterocycles. The maximum absolute atomic E-state index is 13.5. The van der Waals surface area contributed by atoms with Gasteiger partial charge in [0.1, 0.15) is 12.3 Å². The molecule has 0 saturated carbocycles. The molecule has 0 aliphatic carbocycles. The smallest absolute Gasteiger partial charge is 0.264 e. The van der Waals surface area contributed by atoms with E-state index in [-0.39, 0.29) is 11.4 Å². The number of likely N-dealkylation sites (tertiary alicyclic amines) is 1. The molecule has 1 heterocycles. The molecule has 190 valence electrons. The zero-order valence-electron chi connectivity index (χ0n) is 20.2. The number of benzene rings is 3. The van der Waals surface area contributed by atoms with Gasteiger partial charge in [-0.2, -0.15) is 0 Å². The van der Waals surface area contributed by atoms with E-state index in [1.165, 1.54) is 43.7 Å². The summed E-state index contributed by atoms with van der Waals surface area (Å²) in [6.07, 6.45) is 2.47. The number of ether oxygens (including phenoxy) is 1. The van der Waals surface area contributed by atoms with Crippen LogP contribution in [-0.2, 0) is 27.9 Å². The van der Waals surface area contributed by atoms with Crippen molar-refractivity contribution >= 4 is 33.2 Å². The van der Waals surface area contributed by atoms with Gasteiger partial charge in [-0.05, 0) is 79.5 Å². The topological polar surface area (TPSA) is 79.0 Å². The van der Waals surface area contributed by atoms with E-state index >= 15 is 0 Å². The van der Waals surface area contributed by atoms with Crippen molar-refractivity contribution in [3.05, 3.63) is 88.9 Å². The molecule has 1 amide bonds. The van der Waals surface area contributed by atoms with Crippen molar-refractivity contribution in [3.63, 3.8) is 0 Å². The van der Waals surface area contributed by atoms with E-state index in [9.17, 15) is 13.2 Å². The Hall–Kier alpha value is -3.07. The van der Waals surface area contributed by atoms with Crippen LogP contribution in [-0.4, -0.2) is 46.0 Å². The third-order valence-electron chi connectivity index (χ3n) is 6.12. The number of nitrogens with one attached hydrogen (secondary N) is 1. The van der Waals surface area contributed by atoms with Gasteiger partial charge in [0.2, 0.25) is 5.91 Å². The SMILES string of the molecule is COc1ccc(S(=O)(=O)N(CC(=O)NCc2cccc(CN3CCCC3)c2)c2cccc(Cl)c2)cc1. The van der Waals surface area contributed by atoms with Gasteiger partial charge < -0.3 is 10.1 Å². The quantitative estimate of drug-likeness (QED) is 0.421. The molecule has 4 rings (SSSR count). The molecule has 0 bridgehead atoms. The monoisotopic (exact) mass is 527 g/mol. The Morgan fingerprint density at radius 2 is 1.69 bits per heavy atom. The zero-order chi connectivity index (χ0) is 25.5. The predicted molar refractivity (Wildman–Crippen MR) is 142 cm³/mol. The summed E-state index contributed by atoms with van der Waals surface area (Å²) in [7, 11) is -2.53. The highest BCUT2D eigenvalue weighted by Gasteiger charge is 2.27. The third-order valence-corrected chi connectivity index (χ3v) is 8.14. The largest absolute Gasteiger partial charge is 0.497 e. The molecule has 1 aliphatic heterocycles. The van der Waals surface area contributed by atoms with E-state index in [1.807, 2.05) is 12.1 Å². The lowest BCUT2D eigenvalue weighted by atomic mass is 10.1. The van der Waals surface area contributed by atoms with Crippen LogP contribution in [0.3, 0.4) is 0 Å². The van der Waals surface area contributed by atoms with Gasteiger partial charge in [0.25, 0.3) is 10.0 Å². The Balaban J connectivity index is 1.48. The van der Waals surface area contributed by atoms with Crippen LogP contribution in [0, 0.1) is 0 Å². The number of carbonyl (C=O) groups excluding carboxylic acids is 1. The second-order valence-electron chi connectivity index (χ2n) is 8.75. The lowest BCUT2D eigenvalue weighted by molar-refractivity contribution is -0.119. The van der Waals surface area contributed by atoms with Crippen LogP contribution in [0.25, 0.3) is 0 Å². The van der Waals surface area contributed by atoms with Crippen LogP contribution in [0.15, 0.2) is 77.7 Å². The predicted octanol–water partition coefficient (Wildman–Crippen LogP) is 4.46. The summed E-state index contributed by atoms with van der Waals surface area (Å²) >= 11 is 6.14. The van der Waals surface area contributed by atoms with Crippen LogP contribution < -0.4 is 14.4 Å². The van der Waals surface area contributed by atoms with Gasteiger partial charge in [-0.1, -0.05) is 41.9 Å². The summed E-state index contributed by atoms with van der Waals surface area (Å²) in [5.41, 5.74) is 2.47. The summed E-state index contributed by atoms with van der Waals surface area (Å²) in [6.45, 7) is 3.04. The van der Waals surface area contributed by atoms with E-state index in [1.54, 1.807) is 30.3 Å². The van der Waals surface area contributed by atoms with Crippen molar-refractivity contribution in [2.24, 2.45) is 0 Å². The molecule has 3 aromatic carbocycles. The zero-order valence-corrected chi connectivity index (χ0v) is 21.8. The Kier molecular flexibility index (Phi) is 8.51. The second-order valence-corrected chi connectivity index (χ2v) is 11.0. The lowest BCUT2D eigenvalue weighted by Gasteiger charge is -2.24. The van der Waals surface area contributed by atoms with Crippen molar-refractivity contribution in [3.8, 4) is 5.75 Å². The molecule has 0 unspecified atom stereocenters. The van der Waals surface area contributed by atoms with Crippen LogP contribution in [0.2, 0.25) is 5.02 Å². The van der Waals surface area contributed by atoms with Crippen LogP contribution >= 0.6 is 11.6 Å². The van der Waals surface area contributed by atoms with Gasteiger partial charge in [0, 0.05) is 18.1 Å². The number of amides is 1. The summed E-state index contributed by atoms with van der Waals surface area (Å²) in [6, 6.07) is 20.6. The molecule has 1 aliphatic rings. The number of anilines is 1. The Morgan fingerprint density at radius 1 is 1.00 bits per heavy atom. The minimum absolute atomic E-state index is 0.0469. The van der Waals surface area contributed by atoms with Gasteiger partial charge in [-0.15, -0.1) is 0 Å². The summed E-state index contributed by atoms with van der Waals surface area (Å²) < 4.78 is 33.2. The molecule has 0 atom stereocenters. The standard InChI is InChI=1S/C27H30ClN3O4S/c1-35-25-10-12-26(13-11-25)36(33,34)31(24-9-5-8-23(28)17-24)20-27(32)29-18-21-6-4-7-22(16-21)19-30-14-2-3-15-30/h4-13,16-17H,2-3,14-15,18-20H2,1H3,(H,29,32). The number of carbonyl (C=O) groups is 1. The number of hydrogen-bond donors (Lipinski definition) is 1. The molecule has 0 radical (unpaired) electrons. The van der Waals surface area contributed by atoms with Crippen LogP contribution in [0.5, 0.6) is 5.75 Å². The number of sulfonamides is 1. The van der Waals surface area contributed by atoms with E-state index in [4.69, 9.17) is 16.3 Å². The first-order valence-electron chi connectivity index (χ1n) is 11.8. The molecule has 36 heavy (non-hydrogen) atoms. The maximum atomic E-state index is 13.5. The molecular weight excluding hydrogens is 498 g/mol. The average molecular weight is 528 g/mol. The summed E-state index contributed by atoms with van der Waals surface area (Å²) in [5, 5.41) is 3.24. The van der Waals surface area contributed by atoms with Gasteiger partial charge in [-0.25, -0.2) is 8.42 Å². The fourth-order valence-electron chi connectivity index (χ4n) is 4.25. The number of hydrogen-bond acceptors (Lipinski definition) is 5. The van der Waals surface area contributed by atoms with Crippen LogP contribution in [0.4, 0.5) is 5.69 Å². The summed E-state index contributed by atoms with van der Waals surface area (Å²) in [5.74, 6) is 0.116. The van der Waals surface area contributed by atoms with Crippen LogP contribution in [0.1, 0.15) is 24.0 Å². The Bertz CT molecular complexity index is 1290. The number of nitrogens with zero attached hydrogens (tertiary/aromatic N) is 2. The first kappa shape index (κ1) is 26.0. The fourth-order valence-corrected chi connectivity index (χ4v) is 5.84. The van der Waals surface area contributed by atoms with Gasteiger partial charge >= 0.3 is 0 Å². The molecule has 1 N–H and O–H groups in total. The number of methoxy groups -OCH3 is 1. The first-order chi connectivity index (χ1) is 17.3. The van der Waals surface area contributed by atoms with Crippen molar-refractivity contribution < 1.29 is 17.9 Å². The van der Waals surface area contributed by atoms with Gasteiger partial charge in [-0.3, -0.25) is 14.0 Å². The van der Waals surface area contributed by atoms with E-state index < -0.39 is 15.9 Å². The molecule has 0 spiro atoms. The van der Waals surface area contributed by atoms with Gasteiger partial charge in [0.15, 0.2) is 0 Å². The highest BCUT2D eigenvalue weighted by molar-refractivity contribution is 7.92. The van der Waals surface area contributed by atoms with Crippen molar-refractivity contribution in [1.82, 2.24) is 10.2 Å². The minimum atomic E-state index is -4.04. The average Bonchev–Trinajstić information content (AvgIpc) is 3.39. The van der Waals surface area contributed by atoms with Crippen molar-refractivity contribution in [1.29, 1.82) is 0 Å². The highest BCUT2D eigenvalue weighted by atomic mass is 35.5. The van der Waals surface area contributed by atoms with Gasteiger partial charge in [0.05, 0.1) is 17.7 Å². The Morgan fingerprint density at radius 3 is 2.39 bits per heavy atom. The minimum Gasteiger partial charge on any atom is -0.497 e. The molecule has 1 fully saturated rings. The van der Waals surface area contributed by atoms with Crippen molar-refractivity contribution in [2.45, 2.75) is 30.8 Å². The molecule has 0 aromatic heterocycles. The van der Waals surface area contributed by atoms with Crippen molar-refractivity contribution in [2.75, 3.05) is 31.0 Å². The van der Waals surface area contributed by atoms with E-state index in [2.05, 4.69) is 22.3 Å². The number of halogens is 1. The molecule has 7 nitrogen and oxygen atoms in total. The number of rotatable bonds is 10. The fraction of sp³-hybridized carbons (Fsp3) is 0.296.